The standard InChI is InChI=1S/C22H26N2O4/c1-3-28-22(27)20(15-18-12-8-5-9-13-18)24-21(26)19(23-16(2)25)14-17-10-6-4-7-11-17/h4-13,19-20H,3,14-15H2,1-2H3,(H,23,25)(H,24,26)/t19-,20+/m1/s1. The molecule has 6 heteroatoms. The van der Waals surface area contributed by atoms with Crippen molar-refractivity contribution in [2.45, 2.75) is 38.8 Å². The van der Waals surface area contributed by atoms with Crippen LogP contribution in [0.1, 0.15) is 25.0 Å². The van der Waals surface area contributed by atoms with Gasteiger partial charge in [0.1, 0.15) is 12.1 Å². The van der Waals surface area contributed by atoms with Crippen LogP contribution in [-0.4, -0.2) is 36.5 Å². The number of hydrogen-bond donors (Lipinski definition) is 2. The first-order valence-electron chi connectivity index (χ1n) is 9.31. The molecule has 0 saturated carbocycles. The molecule has 2 rings (SSSR count). The van der Waals surface area contributed by atoms with Crippen LogP contribution in [0.3, 0.4) is 0 Å². The molecule has 0 aliphatic carbocycles. The van der Waals surface area contributed by atoms with Gasteiger partial charge in [0.15, 0.2) is 0 Å². The highest BCUT2D eigenvalue weighted by Crippen LogP contribution is 2.08. The third kappa shape index (κ3) is 6.87. The smallest absolute Gasteiger partial charge is 0.328 e. The van der Waals surface area contributed by atoms with Gasteiger partial charge in [-0.2, -0.15) is 0 Å². The van der Waals surface area contributed by atoms with Gasteiger partial charge in [0.2, 0.25) is 11.8 Å². The number of benzene rings is 2. The molecule has 6 nitrogen and oxygen atoms in total. The summed E-state index contributed by atoms with van der Waals surface area (Å²) in [6.45, 7) is 3.30. The van der Waals surface area contributed by atoms with E-state index in [0.29, 0.717) is 12.8 Å². The lowest BCUT2D eigenvalue weighted by Crippen LogP contribution is -2.53. The van der Waals surface area contributed by atoms with Crippen LogP contribution in [0.15, 0.2) is 60.7 Å². The molecule has 2 atom stereocenters. The highest BCUT2D eigenvalue weighted by Gasteiger charge is 2.27. The minimum absolute atomic E-state index is 0.221. The molecule has 0 aliphatic rings. The molecule has 2 aromatic carbocycles. The number of amides is 2. The van der Waals surface area contributed by atoms with E-state index in [1.165, 1.54) is 6.92 Å². The van der Waals surface area contributed by atoms with Gasteiger partial charge in [-0.3, -0.25) is 9.59 Å². The van der Waals surface area contributed by atoms with Crippen LogP contribution in [0.4, 0.5) is 0 Å². The number of rotatable bonds is 9. The summed E-state index contributed by atoms with van der Waals surface area (Å²) in [5, 5.41) is 5.41. The van der Waals surface area contributed by atoms with Crippen LogP contribution < -0.4 is 10.6 Å². The van der Waals surface area contributed by atoms with E-state index in [4.69, 9.17) is 4.74 Å². The summed E-state index contributed by atoms with van der Waals surface area (Å²) in [5.74, 6) is -1.24. The first-order valence-corrected chi connectivity index (χ1v) is 9.31. The van der Waals surface area contributed by atoms with E-state index in [0.717, 1.165) is 11.1 Å². The molecule has 2 N–H and O–H groups in total. The van der Waals surface area contributed by atoms with Crippen molar-refractivity contribution in [1.82, 2.24) is 10.6 Å². The second kappa shape index (κ2) is 10.9. The predicted octanol–water partition coefficient (Wildman–Crippen LogP) is 2.02. The zero-order valence-corrected chi connectivity index (χ0v) is 16.2. The summed E-state index contributed by atoms with van der Waals surface area (Å²) in [6.07, 6.45) is 0.636. The summed E-state index contributed by atoms with van der Waals surface area (Å²) < 4.78 is 5.12. The lowest BCUT2D eigenvalue weighted by atomic mass is 10.0. The quantitative estimate of drug-likeness (QED) is 0.650. The maximum absolute atomic E-state index is 12.9. The van der Waals surface area contributed by atoms with Crippen LogP contribution in [0, 0.1) is 0 Å². The fraction of sp³-hybridized carbons (Fsp3) is 0.318. The highest BCUT2D eigenvalue weighted by atomic mass is 16.5. The van der Waals surface area contributed by atoms with E-state index in [1.54, 1.807) is 6.92 Å². The summed E-state index contributed by atoms with van der Waals surface area (Å²) in [4.78, 5) is 36.8. The summed E-state index contributed by atoms with van der Waals surface area (Å²) in [5.41, 5.74) is 1.81. The first kappa shape index (κ1) is 21.2. The molecule has 148 valence electrons. The molecule has 0 aromatic heterocycles. The number of carbonyl (C=O) groups is 3. The Balaban J connectivity index is 2.14. The van der Waals surface area contributed by atoms with E-state index < -0.39 is 24.0 Å². The Hall–Kier alpha value is -3.15. The lowest BCUT2D eigenvalue weighted by molar-refractivity contribution is -0.147. The number of nitrogens with one attached hydrogen (secondary N) is 2. The Labute approximate surface area is 165 Å². The van der Waals surface area contributed by atoms with E-state index in [-0.39, 0.29) is 12.5 Å². The number of ether oxygens (including phenoxy) is 1. The SMILES string of the molecule is CCOC(=O)[C@H](Cc1ccccc1)NC(=O)[C@@H](Cc1ccccc1)NC(C)=O. The van der Waals surface area contributed by atoms with Gasteiger partial charge in [0, 0.05) is 19.8 Å². The molecule has 28 heavy (non-hydrogen) atoms. The third-order valence-corrected chi connectivity index (χ3v) is 4.15. The minimum atomic E-state index is -0.832. The van der Waals surface area contributed by atoms with Crippen LogP contribution in [0.5, 0.6) is 0 Å². The molecule has 0 fully saturated rings. The molecule has 0 saturated heterocycles. The van der Waals surface area contributed by atoms with Crippen LogP contribution in [-0.2, 0) is 32.0 Å². The normalized spacial score (nSPS) is 12.5. The van der Waals surface area contributed by atoms with Crippen molar-refractivity contribution >= 4 is 17.8 Å². The van der Waals surface area contributed by atoms with Gasteiger partial charge in [0.25, 0.3) is 0 Å². The third-order valence-electron chi connectivity index (χ3n) is 4.15. The monoisotopic (exact) mass is 382 g/mol. The van der Waals surface area contributed by atoms with Crippen LogP contribution >= 0.6 is 0 Å². The molecule has 0 radical (unpaired) electrons. The van der Waals surface area contributed by atoms with Gasteiger partial charge in [-0.25, -0.2) is 4.79 Å². The summed E-state index contributed by atoms with van der Waals surface area (Å²) in [7, 11) is 0. The highest BCUT2D eigenvalue weighted by molar-refractivity contribution is 5.90. The van der Waals surface area contributed by atoms with Crippen molar-refractivity contribution in [2.75, 3.05) is 6.61 Å². The second-order valence-electron chi connectivity index (χ2n) is 6.45. The Morgan fingerprint density at radius 3 is 1.79 bits per heavy atom. The van der Waals surface area contributed by atoms with Crippen molar-refractivity contribution in [3.05, 3.63) is 71.8 Å². The van der Waals surface area contributed by atoms with Crippen molar-refractivity contribution in [3.8, 4) is 0 Å². The Kier molecular flexibility index (Phi) is 8.21. The molecule has 2 amide bonds. The van der Waals surface area contributed by atoms with Crippen LogP contribution in [0.2, 0.25) is 0 Å². The Bertz CT molecular complexity index is 778. The molecule has 0 aliphatic heterocycles. The fourth-order valence-electron chi connectivity index (χ4n) is 2.86. The lowest BCUT2D eigenvalue weighted by Gasteiger charge is -2.22. The van der Waals surface area contributed by atoms with Gasteiger partial charge in [-0.05, 0) is 18.1 Å². The number of esters is 1. The van der Waals surface area contributed by atoms with Crippen molar-refractivity contribution < 1.29 is 19.1 Å². The maximum Gasteiger partial charge on any atom is 0.328 e. The maximum atomic E-state index is 12.9. The minimum Gasteiger partial charge on any atom is -0.464 e. The second-order valence-corrected chi connectivity index (χ2v) is 6.45. The van der Waals surface area contributed by atoms with Gasteiger partial charge in [0.05, 0.1) is 6.61 Å². The topological polar surface area (TPSA) is 84.5 Å². The molecular weight excluding hydrogens is 356 g/mol. The largest absolute Gasteiger partial charge is 0.464 e. The number of carbonyl (C=O) groups excluding carboxylic acids is 3. The van der Waals surface area contributed by atoms with Crippen molar-refractivity contribution in [1.29, 1.82) is 0 Å². The van der Waals surface area contributed by atoms with Gasteiger partial charge in [-0.15, -0.1) is 0 Å². The number of hydrogen-bond acceptors (Lipinski definition) is 4. The molecule has 0 unspecified atom stereocenters. The zero-order valence-electron chi connectivity index (χ0n) is 16.2. The summed E-state index contributed by atoms with van der Waals surface area (Å²) >= 11 is 0. The van der Waals surface area contributed by atoms with E-state index in [9.17, 15) is 14.4 Å². The zero-order chi connectivity index (χ0) is 20.4. The molecule has 2 aromatic rings. The van der Waals surface area contributed by atoms with Gasteiger partial charge in [-0.1, -0.05) is 60.7 Å². The van der Waals surface area contributed by atoms with E-state index in [1.807, 2.05) is 60.7 Å². The molecule has 0 heterocycles. The van der Waals surface area contributed by atoms with Crippen molar-refractivity contribution in [2.24, 2.45) is 0 Å². The van der Waals surface area contributed by atoms with Crippen molar-refractivity contribution in [3.63, 3.8) is 0 Å². The van der Waals surface area contributed by atoms with E-state index in [2.05, 4.69) is 10.6 Å². The molecule has 0 bridgehead atoms. The summed E-state index contributed by atoms with van der Waals surface area (Å²) in [6, 6.07) is 17.2. The molecular formula is C22H26N2O4. The first-order chi connectivity index (χ1) is 13.5. The Morgan fingerprint density at radius 1 is 0.821 bits per heavy atom. The van der Waals surface area contributed by atoms with Crippen LogP contribution in [0.25, 0.3) is 0 Å². The molecule has 0 spiro atoms. The average Bonchev–Trinajstić information content (AvgIpc) is 2.68. The fourth-order valence-corrected chi connectivity index (χ4v) is 2.86. The van der Waals surface area contributed by atoms with Gasteiger partial charge >= 0.3 is 5.97 Å². The van der Waals surface area contributed by atoms with Gasteiger partial charge < -0.3 is 15.4 Å². The van der Waals surface area contributed by atoms with E-state index >= 15 is 0 Å². The average molecular weight is 382 g/mol. The predicted molar refractivity (Wildman–Crippen MR) is 106 cm³/mol. The Morgan fingerprint density at radius 2 is 1.32 bits per heavy atom.